The van der Waals surface area contributed by atoms with Gasteiger partial charge in [-0.15, -0.1) is 0 Å². The lowest BCUT2D eigenvalue weighted by Crippen LogP contribution is -2.52. The van der Waals surface area contributed by atoms with Crippen LogP contribution in [0.5, 0.6) is 0 Å². The first-order chi connectivity index (χ1) is 16.8. The summed E-state index contributed by atoms with van der Waals surface area (Å²) in [5.74, 6) is -0.706. The van der Waals surface area contributed by atoms with Crippen molar-refractivity contribution >= 4 is 35.2 Å². The van der Waals surface area contributed by atoms with Crippen LogP contribution in [0.1, 0.15) is 68.8 Å². The lowest BCUT2D eigenvalue weighted by molar-refractivity contribution is -0.141. The van der Waals surface area contributed by atoms with Gasteiger partial charge in [0.15, 0.2) is 0 Å². The number of nitrogens with zero attached hydrogens (tertiary/aromatic N) is 1. The van der Waals surface area contributed by atoms with Gasteiger partial charge in [0.25, 0.3) is 5.91 Å². The van der Waals surface area contributed by atoms with E-state index >= 15 is 0 Å². The number of alkyl carbamates (subject to hydrolysis) is 1. The minimum Gasteiger partial charge on any atom is -0.444 e. The first-order valence-electron chi connectivity index (χ1n) is 12.2. The highest BCUT2D eigenvalue weighted by Gasteiger charge is 2.43. The smallest absolute Gasteiger partial charge is 0.408 e. The number of carbonyl (C=O) groups is 3. The Morgan fingerprint density at radius 1 is 1.06 bits per heavy atom. The molecular formula is C28H36ClN3O4. The van der Waals surface area contributed by atoms with Crippen LogP contribution >= 0.6 is 11.6 Å². The average Bonchev–Trinajstić information content (AvgIpc) is 3.58. The predicted molar refractivity (Wildman–Crippen MR) is 142 cm³/mol. The molecule has 0 radical (unpaired) electrons. The van der Waals surface area contributed by atoms with Gasteiger partial charge in [-0.25, -0.2) is 4.79 Å². The normalized spacial score (nSPS) is 15.0. The number of benzene rings is 2. The second kappa shape index (κ2) is 10.9. The number of hydrogen-bond donors (Lipinski definition) is 2. The van der Waals surface area contributed by atoms with Gasteiger partial charge >= 0.3 is 6.09 Å². The van der Waals surface area contributed by atoms with E-state index in [2.05, 4.69) is 10.6 Å². The minimum absolute atomic E-state index is 0.107. The fourth-order valence-corrected chi connectivity index (χ4v) is 4.44. The molecule has 0 spiro atoms. The maximum Gasteiger partial charge on any atom is 0.408 e. The number of para-hydroxylation sites is 1. The molecular weight excluding hydrogens is 478 g/mol. The lowest BCUT2D eigenvalue weighted by Gasteiger charge is -2.34. The second-order valence-corrected chi connectivity index (χ2v) is 10.9. The Kier molecular flexibility index (Phi) is 8.34. The topological polar surface area (TPSA) is 87.7 Å². The average molecular weight is 514 g/mol. The van der Waals surface area contributed by atoms with E-state index in [-0.39, 0.29) is 17.9 Å². The standard InChI is InChI=1S/C28H36ClN3O4/c1-16-11-14-21(18(3)15-16)24(25(33)31-23-17(2)9-8-10-22(23)29)32(20-12-13-20)26(34)19(4)30-27(35)36-28(5,6)7/h8-11,14-15,19-20,24H,12-13H2,1-7H3,(H,30,35)(H,31,33). The Bertz CT molecular complexity index is 1130. The van der Waals surface area contributed by atoms with Crippen molar-refractivity contribution in [2.45, 2.75) is 85.0 Å². The molecule has 1 aliphatic rings. The first kappa shape index (κ1) is 27.5. The summed E-state index contributed by atoms with van der Waals surface area (Å²) in [4.78, 5) is 41.6. The zero-order chi connectivity index (χ0) is 26.8. The summed E-state index contributed by atoms with van der Waals surface area (Å²) in [5, 5.41) is 6.03. The van der Waals surface area contributed by atoms with E-state index in [1.54, 1.807) is 38.7 Å². The summed E-state index contributed by atoms with van der Waals surface area (Å²) in [5.41, 5.74) is 3.32. The van der Waals surface area contributed by atoms with Gasteiger partial charge in [0.2, 0.25) is 5.91 Å². The predicted octanol–water partition coefficient (Wildman–Crippen LogP) is 5.85. The number of halogens is 1. The second-order valence-electron chi connectivity index (χ2n) is 10.5. The molecule has 3 amide bonds. The van der Waals surface area contributed by atoms with E-state index in [1.807, 2.05) is 51.1 Å². The highest BCUT2D eigenvalue weighted by molar-refractivity contribution is 6.34. The molecule has 1 aliphatic carbocycles. The molecule has 2 atom stereocenters. The van der Waals surface area contributed by atoms with Crippen LogP contribution in [0.15, 0.2) is 36.4 Å². The molecule has 1 fully saturated rings. The van der Waals surface area contributed by atoms with Gasteiger partial charge in [-0.05, 0) is 84.1 Å². The first-order valence-corrected chi connectivity index (χ1v) is 12.6. The van der Waals surface area contributed by atoms with Crippen molar-refractivity contribution in [1.29, 1.82) is 0 Å². The Morgan fingerprint density at radius 3 is 2.28 bits per heavy atom. The Labute approximate surface area is 218 Å². The fraction of sp³-hybridized carbons (Fsp3) is 0.464. The summed E-state index contributed by atoms with van der Waals surface area (Å²) in [6, 6.07) is 9.33. The molecule has 2 aromatic rings. The number of carbonyl (C=O) groups excluding carboxylic acids is 3. The highest BCUT2D eigenvalue weighted by atomic mass is 35.5. The van der Waals surface area contributed by atoms with Crippen molar-refractivity contribution in [3.8, 4) is 0 Å². The Balaban J connectivity index is 1.98. The van der Waals surface area contributed by atoms with Crippen molar-refractivity contribution < 1.29 is 19.1 Å². The zero-order valence-corrected chi connectivity index (χ0v) is 22.8. The number of hydrogen-bond acceptors (Lipinski definition) is 4. The van der Waals surface area contributed by atoms with Crippen molar-refractivity contribution in [3.05, 3.63) is 63.7 Å². The van der Waals surface area contributed by atoms with E-state index in [9.17, 15) is 14.4 Å². The van der Waals surface area contributed by atoms with Gasteiger partial charge in [-0.1, -0.05) is 47.5 Å². The van der Waals surface area contributed by atoms with Gasteiger partial charge in [-0.2, -0.15) is 0 Å². The Hall–Kier alpha value is -3.06. The van der Waals surface area contributed by atoms with E-state index < -0.39 is 23.8 Å². The molecule has 7 nitrogen and oxygen atoms in total. The van der Waals surface area contributed by atoms with Crippen LogP contribution in [0.3, 0.4) is 0 Å². The quantitative estimate of drug-likeness (QED) is 0.486. The van der Waals surface area contributed by atoms with Gasteiger partial charge in [0, 0.05) is 6.04 Å². The lowest BCUT2D eigenvalue weighted by atomic mass is 9.96. The van der Waals surface area contributed by atoms with Gasteiger partial charge in [0.05, 0.1) is 10.7 Å². The number of amides is 3. The molecule has 2 N–H and O–H groups in total. The molecule has 0 saturated heterocycles. The Morgan fingerprint density at radius 2 is 1.72 bits per heavy atom. The third-order valence-corrected chi connectivity index (χ3v) is 6.33. The molecule has 2 unspecified atom stereocenters. The third kappa shape index (κ3) is 6.78. The summed E-state index contributed by atoms with van der Waals surface area (Å²) >= 11 is 6.40. The maximum atomic E-state index is 13.9. The van der Waals surface area contributed by atoms with Crippen LogP contribution in [0.25, 0.3) is 0 Å². The largest absolute Gasteiger partial charge is 0.444 e. The zero-order valence-electron chi connectivity index (χ0n) is 22.1. The van der Waals surface area contributed by atoms with E-state index in [1.165, 1.54) is 0 Å². The third-order valence-electron chi connectivity index (χ3n) is 6.01. The minimum atomic E-state index is -0.899. The molecule has 2 aromatic carbocycles. The van der Waals surface area contributed by atoms with E-state index in [4.69, 9.17) is 16.3 Å². The fourth-order valence-electron chi connectivity index (χ4n) is 4.17. The van der Waals surface area contributed by atoms with Gasteiger partial charge < -0.3 is 20.3 Å². The number of rotatable bonds is 7. The van der Waals surface area contributed by atoms with E-state index in [0.29, 0.717) is 10.7 Å². The summed E-state index contributed by atoms with van der Waals surface area (Å²) in [6.07, 6.45) is 0.883. The van der Waals surface area contributed by atoms with Crippen molar-refractivity contribution in [2.24, 2.45) is 0 Å². The molecule has 8 heteroatoms. The van der Waals surface area contributed by atoms with Gasteiger partial charge in [0.1, 0.15) is 17.7 Å². The molecule has 0 heterocycles. The van der Waals surface area contributed by atoms with Crippen LogP contribution in [-0.2, 0) is 14.3 Å². The maximum absolute atomic E-state index is 13.9. The highest BCUT2D eigenvalue weighted by Crippen LogP contribution is 2.38. The molecule has 0 aliphatic heterocycles. The molecule has 194 valence electrons. The van der Waals surface area contributed by atoms with Gasteiger partial charge in [-0.3, -0.25) is 9.59 Å². The van der Waals surface area contributed by atoms with Crippen LogP contribution in [0, 0.1) is 20.8 Å². The number of anilines is 1. The summed E-state index contributed by atoms with van der Waals surface area (Å²) < 4.78 is 5.33. The van der Waals surface area contributed by atoms with E-state index in [0.717, 1.165) is 35.1 Å². The van der Waals surface area contributed by atoms with Crippen molar-refractivity contribution in [3.63, 3.8) is 0 Å². The number of ether oxygens (including phenoxy) is 1. The molecule has 3 rings (SSSR count). The van der Waals surface area contributed by atoms with Crippen LogP contribution in [0.2, 0.25) is 5.02 Å². The molecule has 36 heavy (non-hydrogen) atoms. The molecule has 0 bridgehead atoms. The van der Waals surface area contributed by atoms with Crippen LogP contribution in [-0.4, -0.2) is 40.5 Å². The number of aryl methyl sites for hydroxylation is 3. The van der Waals surface area contributed by atoms with Crippen LogP contribution in [0.4, 0.5) is 10.5 Å². The van der Waals surface area contributed by atoms with Crippen LogP contribution < -0.4 is 10.6 Å². The number of nitrogens with one attached hydrogen (secondary N) is 2. The molecule has 0 aromatic heterocycles. The summed E-state index contributed by atoms with van der Waals surface area (Å²) in [7, 11) is 0. The summed E-state index contributed by atoms with van der Waals surface area (Å²) in [6.45, 7) is 12.7. The monoisotopic (exact) mass is 513 g/mol. The molecule has 1 saturated carbocycles. The van der Waals surface area contributed by atoms with Crippen molar-refractivity contribution in [1.82, 2.24) is 10.2 Å². The van der Waals surface area contributed by atoms with Crippen molar-refractivity contribution in [2.75, 3.05) is 5.32 Å². The SMILES string of the molecule is Cc1ccc(C(C(=O)Nc2c(C)cccc2Cl)N(C(=O)C(C)NC(=O)OC(C)(C)C)C2CC2)c(C)c1.